The van der Waals surface area contributed by atoms with Crippen LogP contribution in [0, 0.1) is 6.92 Å². The molecule has 0 atom stereocenters. The van der Waals surface area contributed by atoms with Gasteiger partial charge in [-0.15, -0.1) is 8.78 Å². The Balaban J connectivity index is 1.56. The highest BCUT2D eigenvalue weighted by atomic mass is 35.5. The van der Waals surface area contributed by atoms with Crippen molar-refractivity contribution in [3.63, 3.8) is 0 Å². The maximum Gasteiger partial charge on any atom is 0.586 e. The van der Waals surface area contributed by atoms with E-state index in [1.807, 2.05) is 13.0 Å². The third kappa shape index (κ3) is 3.86. The summed E-state index contributed by atoms with van der Waals surface area (Å²) in [5.74, 6) is 0.106. The van der Waals surface area contributed by atoms with Gasteiger partial charge in [0.05, 0.1) is 17.7 Å². The summed E-state index contributed by atoms with van der Waals surface area (Å²) in [4.78, 5) is 16.8. The Morgan fingerprint density at radius 3 is 2.53 bits per heavy atom. The van der Waals surface area contributed by atoms with Crippen LogP contribution in [-0.4, -0.2) is 24.3 Å². The van der Waals surface area contributed by atoms with Gasteiger partial charge in [-0.05, 0) is 37.3 Å². The average Bonchev–Trinajstić information content (AvgIpc) is 3.00. The lowest BCUT2D eigenvalue weighted by Gasteiger charge is -2.10. The van der Waals surface area contributed by atoms with Crippen LogP contribution >= 0.6 is 11.6 Å². The van der Waals surface area contributed by atoms with E-state index in [0.717, 1.165) is 5.56 Å². The summed E-state index contributed by atoms with van der Waals surface area (Å²) in [5.41, 5.74) is 2.27. The summed E-state index contributed by atoms with van der Waals surface area (Å²) in [6.07, 6.45) is -2.27. The predicted molar refractivity (Wildman–Crippen MR) is 107 cm³/mol. The number of ether oxygens (including phenoxy) is 3. The van der Waals surface area contributed by atoms with Gasteiger partial charge < -0.3 is 19.5 Å². The number of fused-ring (bicyclic) bond motifs is 1. The summed E-state index contributed by atoms with van der Waals surface area (Å²) in [5, 5.41) is 2.89. The van der Waals surface area contributed by atoms with E-state index in [2.05, 4.69) is 19.8 Å². The molecule has 0 aliphatic carbocycles. The molecule has 0 saturated heterocycles. The normalized spacial score (nSPS) is 13.8. The number of aromatic nitrogens is 1. The van der Waals surface area contributed by atoms with Crippen LogP contribution in [0.1, 0.15) is 15.9 Å². The largest absolute Gasteiger partial charge is 0.586 e. The van der Waals surface area contributed by atoms with Crippen LogP contribution in [0.25, 0.3) is 11.1 Å². The summed E-state index contributed by atoms with van der Waals surface area (Å²) >= 11 is 6.20. The molecule has 3 aromatic rings. The average molecular weight is 433 g/mol. The molecular weight excluding hydrogens is 418 g/mol. The Labute approximate surface area is 175 Å². The van der Waals surface area contributed by atoms with Gasteiger partial charge in [0.1, 0.15) is 11.6 Å². The number of pyridine rings is 1. The topological polar surface area (TPSA) is 69.7 Å². The Morgan fingerprint density at radius 1 is 1.13 bits per heavy atom. The number of amides is 1. The van der Waals surface area contributed by atoms with Crippen molar-refractivity contribution in [3.05, 3.63) is 64.8 Å². The number of hydrogen-bond donors (Lipinski definition) is 1. The summed E-state index contributed by atoms with van der Waals surface area (Å²) in [6.45, 7) is 1.87. The van der Waals surface area contributed by atoms with Crippen molar-refractivity contribution < 1.29 is 27.8 Å². The van der Waals surface area contributed by atoms with E-state index >= 15 is 0 Å². The number of carbonyl (C=O) groups is 1. The third-order valence-electron chi connectivity index (χ3n) is 4.41. The summed E-state index contributed by atoms with van der Waals surface area (Å²) < 4.78 is 40.6. The molecule has 9 heteroatoms. The second kappa shape index (κ2) is 7.46. The molecule has 0 unspecified atom stereocenters. The lowest BCUT2D eigenvalue weighted by molar-refractivity contribution is -0.286. The molecule has 154 valence electrons. The Kier molecular flexibility index (Phi) is 4.95. The highest BCUT2D eigenvalue weighted by Crippen LogP contribution is 2.46. The maximum absolute atomic E-state index is 13.2. The minimum Gasteiger partial charge on any atom is -0.496 e. The highest BCUT2D eigenvalue weighted by molar-refractivity contribution is 6.33. The quantitative estimate of drug-likeness (QED) is 0.606. The van der Waals surface area contributed by atoms with Gasteiger partial charge in [0.25, 0.3) is 5.91 Å². The number of benzene rings is 2. The minimum atomic E-state index is -3.73. The van der Waals surface area contributed by atoms with E-state index in [1.54, 1.807) is 24.3 Å². The molecule has 0 spiro atoms. The number of halogens is 3. The molecule has 1 aliphatic heterocycles. The summed E-state index contributed by atoms with van der Waals surface area (Å²) in [6, 6.07) is 11.1. The molecule has 6 nitrogen and oxygen atoms in total. The van der Waals surface area contributed by atoms with Gasteiger partial charge in [-0.3, -0.25) is 4.79 Å². The number of alkyl halides is 2. The minimum absolute atomic E-state index is 0.122. The number of nitrogens with zero attached hydrogens (tertiary/aromatic N) is 1. The number of carbonyl (C=O) groups excluding carboxylic acids is 1. The van der Waals surface area contributed by atoms with Crippen LogP contribution in [-0.2, 0) is 0 Å². The zero-order valence-electron chi connectivity index (χ0n) is 15.8. The number of nitrogens with one attached hydrogen (secondary N) is 1. The van der Waals surface area contributed by atoms with E-state index < -0.39 is 6.29 Å². The van der Waals surface area contributed by atoms with Crippen molar-refractivity contribution in [1.29, 1.82) is 0 Å². The fraction of sp³-hybridized carbons (Fsp3) is 0.143. The van der Waals surface area contributed by atoms with E-state index in [4.69, 9.17) is 16.3 Å². The van der Waals surface area contributed by atoms with Crippen LogP contribution in [0.4, 0.5) is 14.6 Å². The first kappa shape index (κ1) is 19.9. The van der Waals surface area contributed by atoms with Crippen molar-refractivity contribution in [3.8, 4) is 28.4 Å². The zero-order valence-corrected chi connectivity index (χ0v) is 16.6. The van der Waals surface area contributed by atoms with Crippen molar-refractivity contribution >= 4 is 23.3 Å². The number of rotatable bonds is 4. The van der Waals surface area contributed by atoms with Crippen LogP contribution in [0.2, 0.25) is 5.02 Å². The molecule has 2 heterocycles. The molecule has 1 N–H and O–H groups in total. The molecule has 1 amide bonds. The lowest BCUT2D eigenvalue weighted by Crippen LogP contribution is -2.25. The number of methoxy groups -OCH3 is 1. The third-order valence-corrected chi connectivity index (χ3v) is 4.72. The van der Waals surface area contributed by atoms with Crippen molar-refractivity contribution in [2.24, 2.45) is 0 Å². The van der Waals surface area contributed by atoms with Crippen LogP contribution in [0.5, 0.6) is 17.2 Å². The first-order valence-electron chi connectivity index (χ1n) is 8.77. The van der Waals surface area contributed by atoms with E-state index in [-0.39, 0.29) is 22.4 Å². The number of hydrogen-bond acceptors (Lipinski definition) is 5. The molecule has 30 heavy (non-hydrogen) atoms. The van der Waals surface area contributed by atoms with Crippen molar-refractivity contribution in [1.82, 2.24) is 4.98 Å². The van der Waals surface area contributed by atoms with Crippen LogP contribution in [0.3, 0.4) is 0 Å². The number of anilines is 1. The van der Waals surface area contributed by atoms with Crippen LogP contribution < -0.4 is 19.5 Å². The van der Waals surface area contributed by atoms with Gasteiger partial charge in [0.2, 0.25) is 0 Å². The molecular formula is C21H15ClF2N2O4. The maximum atomic E-state index is 13.2. The molecule has 1 aromatic heterocycles. The van der Waals surface area contributed by atoms with Gasteiger partial charge in [-0.25, -0.2) is 4.98 Å². The van der Waals surface area contributed by atoms with Crippen molar-refractivity contribution in [2.75, 3.05) is 12.4 Å². The SMILES string of the molecule is COc1ccc(C)cc1C(=O)Nc1ccc(-c2cc3c(cc2Cl)OC(F)(F)O3)cn1. The molecule has 0 fully saturated rings. The Bertz CT molecular complexity index is 1140. The second-order valence-corrected chi connectivity index (χ2v) is 6.94. The molecule has 1 aliphatic rings. The predicted octanol–water partition coefficient (Wildman–Crippen LogP) is 5.29. The van der Waals surface area contributed by atoms with Gasteiger partial charge >= 0.3 is 6.29 Å². The van der Waals surface area contributed by atoms with E-state index in [1.165, 1.54) is 25.4 Å². The van der Waals surface area contributed by atoms with Gasteiger partial charge in [-0.1, -0.05) is 23.2 Å². The molecule has 0 saturated carbocycles. The Morgan fingerprint density at radius 2 is 1.87 bits per heavy atom. The lowest BCUT2D eigenvalue weighted by atomic mass is 10.1. The van der Waals surface area contributed by atoms with Gasteiger partial charge in [0.15, 0.2) is 11.5 Å². The van der Waals surface area contributed by atoms with E-state index in [0.29, 0.717) is 28.3 Å². The summed E-state index contributed by atoms with van der Waals surface area (Å²) in [7, 11) is 1.49. The molecule has 0 radical (unpaired) electrons. The van der Waals surface area contributed by atoms with Gasteiger partial charge in [0, 0.05) is 23.4 Å². The molecule has 0 bridgehead atoms. The monoisotopic (exact) mass is 432 g/mol. The Hall–Kier alpha value is -3.39. The van der Waals surface area contributed by atoms with Crippen LogP contribution in [0.15, 0.2) is 48.7 Å². The fourth-order valence-corrected chi connectivity index (χ4v) is 3.27. The molecule has 2 aromatic carbocycles. The fourth-order valence-electron chi connectivity index (χ4n) is 3.00. The smallest absolute Gasteiger partial charge is 0.496 e. The van der Waals surface area contributed by atoms with Gasteiger partial charge in [-0.2, -0.15) is 0 Å². The second-order valence-electron chi connectivity index (χ2n) is 6.54. The van der Waals surface area contributed by atoms with Crippen molar-refractivity contribution in [2.45, 2.75) is 13.2 Å². The zero-order chi connectivity index (χ0) is 21.5. The first-order valence-corrected chi connectivity index (χ1v) is 9.15. The number of aryl methyl sites for hydroxylation is 1. The first-order chi connectivity index (χ1) is 14.3. The van der Waals surface area contributed by atoms with E-state index in [9.17, 15) is 13.6 Å². The molecule has 4 rings (SSSR count). The highest BCUT2D eigenvalue weighted by Gasteiger charge is 2.43. The standard InChI is InChI=1S/C21H15ClF2N2O4/c1-11-3-5-16(28-2)14(7-11)20(27)26-19-6-4-12(10-25-19)13-8-17-18(9-15(13)22)30-21(23,24)29-17/h3-10H,1-2H3,(H,25,26,27).